The van der Waals surface area contributed by atoms with Gasteiger partial charge < -0.3 is 14.8 Å². The third-order valence-corrected chi connectivity index (χ3v) is 5.15. The van der Waals surface area contributed by atoms with Gasteiger partial charge in [-0.05, 0) is 36.6 Å². The number of carbonyl (C=O) groups is 1. The normalized spacial score (nSPS) is 10.3. The maximum atomic E-state index is 12.2. The van der Waals surface area contributed by atoms with Crippen LogP contribution in [0.4, 0.5) is 0 Å². The Labute approximate surface area is 145 Å². The molecule has 0 aliphatic heterocycles. The molecule has 1 aromatic carbocycles. The molecule has 0 saturated carbocycles. The Morgan fingerprint density at radius 3 is 2.87 bits per heavy atom. The second-order valence-electron chi connectivity index (χ2n) is 4.69. The van der Waals surface area contributed by atoms with Crippen molar-refractivity contribution in [3.05, 3.63) is 46.2 Å². The molecule has 1 amide bonds. The van der Waals surface area contributed by atoms with Crippen LogP contribution in [0.2, 0.25) is 0 Å². The molecule has 0 spiro atoms. The average Bonchev–Trinajstić information content (AvgIpc) is 3.08. The molecule has 2 rings (SSSR count). The summed E-state index contributed by atoms with van der Waals surface area (Å²) in [6.07, 6.45) is 0. The molecule has 2 aromatic rings. The third-order valence-electron chi connectivity index (χ3n) is 3.08. The number of thioether (sulfide) groups is 1. The van der Waals surface area contributed by atoms with E-state index in [1.165, 1.54) is 4.88 Å². The smallest absolute Gasteiger partial charge is 0.251 e. The first-order valence-electron chi connectivity index (χ1n) is 7.43. The van der Waals surface area contributed by atoms with Crippen molar-refractivity contribution >= 4 is 29.0 Å². The van der Waals surface area contributed by atoms with Gasteiger partial charge in [0.05, 0.1) is 13.7 Å². The third kappa shape index (κ3) is 5.48. The van der Waals surface area contributed by atoms with Crippen LogP contribution in [0, 0.1) is 0 Å². The van der Waals surface area contributed by atoms with Crippen molar-refractivity contribution in [2.45, 2.75) is 12.7 Å². The summed E-state index contributed by atoms with van der Waals surface area (Å²) in [5.41, 5.74) is 0.577. The molecule has 0 bridgehead atoms. The molecule has 23 heavy (non-hydrogen) atoms. The lowest BCUT2D eigenvalue weighted by Gasteiger charge is -2.11. The van der Waals surface area contributed by atoms with Gasteiger partial charge >= 0.3 is 0 Å². The van der Waals surface area contributed by atoms with E-state index < -0.39 is 0 Å². The average molecular weight is 351 g/mol. The summed E-state index contributed by atoms with van der Waals surface area (Å²) in [6.45, 7) is 3.11. The van der Waals surface area contributed by atoms with E-state index in [0.29, 0.717) is 30.2 Å². The van der Waals surface area contributed by atoms with Gasteiger partial charge in [0, 0.05) is 28.5 Å². The zero-order chi connectivity index (χ0) is 16.5. The van der Waals surface area contributed by atoms with Crippen LogP contribution < -0.4 is 14.8 Å². The van der Waals surface area contributed by atoms with Crippen molar-refractivity contribution in [1.29, 1.82) is 0 Å². The minimum Gasteiger partial charge on any atom is -0.493 e. The lowest BCUT2D eigenvalue weighted by atomic mass is 10.2. The highest BCUT2D eigenvalue weighted by Gasteiger charge is 2.10. The number of hydrogen-bond acceptors (Lipinski definition) is 5. The number of benzene rings is 1. The predicted octanol–water partition coefficient (Wildman–Crippen LogP) is 3.82. The Hall–Kier alpha value is -1.66. The highest BCUT2D eigenvalue weighted by Crippen LogP contribution is 2.28. The fourth-order valence-electron chi connectivity index (χ4n) is 1.99. The van der Waals surface area contributed by atoms with E-state index >= 15 is 0 Å². The lowest BCUT2D eigenvalue weighted by Crippen LogP contribution is -2.25. The number of thiophene rings is 1. The second-order valence-corrected chi connectivity index (χ2v) is 6.82. The minimum absolute atomic E-state index is 0.0944. The number of methoxy groups -OCH3 is 1. The van der Waals surface area contributed by atoms with E-state index in [4.69, 9.17) is 9.47 Å². The van der Waals surface area contributed by atoms with Crippen molar-refractivity contribution in [2.24, 2.45) is 0 Å². The van der Waals surface area contributed by atoms with Gasteiger partial charge in [-0.2, -0.15) is 11.8 Å². The largest absolute Gasteiger partial charge is 0.493 e. The van der Waals surface area contributed by atoms with Gasteiger partial charge in [-0.15, -0.1) is 11.3 Å². The van der Waals surface area contributed by atoms with Crippen LogP contribution in [0.3, 0.4) is 0 Å². The van der Waals surface area contributed by atoms with Crippen molar-refractivity contribution in [3.8, 4) is 11.5 Å². The summed E-state index contributed by atoms with van der Waals surface area (Å²) < 4.78 is 10.7. The highest BCUT2D eigenvalue weighted by atomic mass is 32.2. The molecule has 4 nitrogen and oxygen atoms in total. The van der Waals surface area contributed by atoms with Crippen LogP contribution in [-0.4, -0.2) is 31.9 Å². The topological polar surface area (TPSA) is 47.6 Å². The summed E-state index contributed by atoms with van der Waals surface area (Å²) >= 11 is 3.58. The van der Waals surface area contributed by atoms with E-state index in [0.717, 1.165) is 11.5 Å². The Balaban J connectivity index is 1.78. The van der Waals surface area contributed by atoms with E-state index in [1.54, 1.807) is 36.6 Å². The van der Waals surface area contributed by atoms with Crippen LogP contribution in [0.15, 0.2) is 35.7 Å². The summed E-state index contributed by atoms with van der Waals surface area (Å²) in [5, 5.41) is 5.01. The molecule has 1 heterocycles. The number of ether oxygens (including phenoxy) is 2. The molecule has 1 N–H and O–H groups in total. The van der Waals surface area contributed by atoms with Gasteiger partial charge in [0.1, 0.15) is 0 Å². The molecule has 0 fully saturated rings. The summed E-state index contributed by atoms with van der Waals surface area (Å²) in [6, 6.07) is 9.41. The Morgan fingerprint density at radius 1 is 1.30 bits per heavy atom. The van der Waals surface area contributed by atoms with Crippen LogP contribution in [0.25, 0.3) is 0 Å². The molecule has 6 heteroatoms. The molecule has 0 aliphatic rings. The summed E-state index contributed by atoms with van der Waals surface area (Å²) in [7, 11) is 1.57. The maximum absolute atomic E-state index is 12.2. The van der Waals surface area contributed by atoms with Crippen molar-refractivity contribution in [3.63, 3.8) is 0 Å². The molecular formula is C17H21NO3S2. The SMILES string of the molecule is CCOc1ccc(C(=O)NCCSCc2cccs2)cc1OC. The van der Waals surface area contributed by atoms with Crippen LogP contribution in [0.1, 0.15) is 22.2 Å². The van der Waals surface area contributed by atoms with Gasteiger partial charge in [0.15, 0.2) is 11.5 Å². The van der Waals surface area contributed by atoms with Crippen LogP contribution in [0.5, 0.6) is 11.5 Å². The standard InChI is InChI=1S/C17H21NO3S2/c1-3-21-15-7-6-13(11-16(15)20-2)17(19)18-8-10-22-12-14-5-4-9-23-14/h4-7,9,11H,3,8,10,12H2,1-2H3,(H,18,19). The fraction of sp³-hybridized carbons (Fsp3) is 0.353. The molecular weight excluding hydrogens is 330 g/mol. The monoisotopic (exact) mass is 351 g/mol. The van der Waals surface area contributed by atoms with E-state index in [1.807, 2.05) is 18.7 Å². The van der Waals surface area contributed by atoms with Crippen LogP contribution in [-0.2, 0) is 5.75 Å². The van der Waals surface area contributed by atoms with Crippen molar-refractivity contribution < 1.29 is 14.3 Å². The summed E-state index contributed by atoms with van der Waals surface area (Å²) in [5.74, 6) is 3.01. The second kappa shape index (κ2) is 9.47. The van der Waals surface area contributed by atoms with Gasteiger partial charge in [-0.3, -0.25) is 4.79 Å². The van der Waals surface area contributed by atoms with Gasteiger partial charge in [-0.25, -0.2) is 0 Å². The number of hydrogen-bond donors (Lipinski definition) is 1. The van der Waals surface area contributed by atoms with E-state index in [9.17, 15) is 4.79 Å². The zero-order valence-corrected chi connectivity index (χ0v) is 15.0. The first-order chi connectivity index (χ1) is 11.2. The molecule has 0 unspecified atom stereocenters. The lowest BCUT2D eigenvalue weighted by molar-refractivity contribution is 0.0956. The van der Waals surface area contributed by atoms with E-state index in [2.05, 4.69) is 22.8 Å². The van der Waals surface area contributed by atoms with Gasteiger partial charge in [-0.1, -0.05) is 6.07 Å². The highest BCUT2D eigenvalue weighted by molar-refractivity contribution is 7.98. The molecule has 0 saturated heterocycles. The molecule has 0 radical (unpaired) electrons. The number of nitrogens with one attached hydrogen (secondary N) is 1. The van der Waals surface area contributed by atoms with Crippen molar-refractivity contribution in [1.82, 2.24) is 5.32 Å². The molecule has 124 valence electrons. The minimum atomic E-state index is -0.0944. The first-order valence-corrected chi connectivity index (χ1v) is 9.47. The Bertz CT molecular complexity index is 614. The van der Waals surface area contributed by atoms with Gasteiger partial charge in [0.25, 0.3) is 5.91 Å². The number of carbonyl (C=O) groups excluding carboxylic acids is 1. The Morgan fingerprint density at radius 2 is 2.17 bits per heavy atom. The predicted molar refractivity (Wildman–Crippen MR) is 97.0 cm³/mol. The molecule has 0 aliphatic carbocycles. The summed E-state index contributed by atoms with van der Waals surface area (Å²) in [4.78, 5) is 13.5. The molecule has 0 atom stereocenters. The van der Waals surface area contributed by atoms with Gasteiger partial charge in [0.2, 0.25) is 0 Å². The quantitative estimate of drug-likeness (QED) is 0.698. The number of rotatable bonds is 9. The molecule has 1 aromatic heterocycles. The number of amides is 1. The fourth-order valence-corrected chi connectivity index (χ4v) is 3.69. The Kier molecular flexibility index (Phi) is 7.29. The van der Waals surface area contributed by atoms with Crippen LogP contribution >= 0.6 is 23.1 Å². The van der Waals surface area contributed by atoms with Crippen molar-refractivity contribution in [2.75, 3.05) is 26.0 Å². The van der Waals surface area contributed by atoms with E-state index in [-0.39, 0.29) is 5.91 Å². The maximum Gasteiger partial charge on any atom is 0.251 e. The zero-order valence-electron chi connectivity index (χ0n) is 13.3. The first kappa shape index (κ1) is 17.7.